The number of rotatable bonds is 25. The van der Waals surface area contributed by atoms with Crippen LogP contribution in [0.2, 0.25) is 0 Å². The van der Waals surface area contributed by atoms with Gasteiger partial charge in [0.15, 0.2) is 0 Å². The van der Waals surface area contributed by atoms with Crippen LogP contribution in [-0.4, -0.2) is 4.98 Å². The Kier molecular flexibility index (Phi) is 20.8. The van der Waals surface area contributed by atoms with Gasteiger partial charge in [-0.25, -0.2) is 9.55 Å². The van der Waals surface area contributed by atoms with Crippen LogP contribution in [0.4, 0.5) is 0 Å². The number of hydrogen-bond acceptors (Lipinski definition) is 0. The number of nitrogens with one attached hydrogen (secondary N) is 1. The second-order valence-electron chi connectivity index (χ2n) is 11.2. The highest BCUT2D eigenvalue weighted by Gasteiger charge is 2.25. The second kappa shape index (κ2) is 22.7. The molecule has 0 amide bonds. The molecule has 0 saturated heterocycles. The topological polar surface area (TPSA) is 19.7 Å². The fourth-order valence-corrected chi connectivity index (χ4v) is 5.54. The van der Waals surface area contributed by atoms with Crippen LogP contribution in [0.25, 0.3) is 0 Å². The predicted molar refractivity (Wildman–Crippen MR) is 152 cm³/mol. The molecule has 0 aliphatic carbocycles. The SMILES string of the molecule is CCCCCCCCCC(CCCCCCCC)c1[nH]cc[n+]1C(C)CCCCCCCCC. The number of nitrogens with zero attached hydrogens (tertiary/aromatic N) is 1. The minimum absolute atomic E-state index is 0.623. The molecule has 1 heterocycles. The van der Waals surface area contributed by atoms with Crippen LogP contribution in [0.1, 0.15) is 193 Å². The number of unbranched alkanes of at least 4 members (excludes halogenated alkanes) is 17. The molecule has 1 N–H and O–H groups in total. The maximum absolute atomic E-state index is 3.70. The molecule has 200 valence electrons. The summed E-state index contributed by atoms with van der Waals surface area (Å²) in [5, 5.41) is 0. The van der Waals surface area contributed by atoms with Gasteiger partial charge in [-0.05, 0) is 32.6 Å². The lowest BCUT2D eigenvalue weighted by atomic mass is 9.93. The average Bonchev–Trinajstić information content (AvgIpc) is 3.33. The van der Waals surface area contributed by atoms with Crippen LogP contribution < -0.4 is 4.57 Å². The largest absolute Gasteiger partial charge is 0.257 e. The molecule has 0 aromatic carbocycles. The van der Waals surface area contributed by atoms with E-state index in [0.717, 1.165) is 0 Å². The second-order valence-corrected chi connectivity index (χ2v) is 11.2. The zero-order chi connectivity index (χ0) is 24.7. The zero-order valence-corrected chi connectivity index (χ0v) is 24.0. The van der Waals surface area contributed by atoms with E-state index in [1.54, 1.807) is 0 Å². The molecule has 2 nitrogen and oxygen atoms in total. The summed E-state index contributed by atoms with van der Waals surface area (Å²) in [5.74, 6) is 2.24. The summed E-state index contributed by atoms with van der Waals surface area (Å²) in [6.45, 7) is 9.38. The Labute approximate surface area is 215 Å². The molecule has 34 heavy (non-hydrogen) atoms. The fourth-order valence-electron chi connectivity index (χ4n) is 5.54. The first kappa shape index (κ1) is 31.2. The van der Waals surface area contributed by atoms with Gasteiger partial charge in [0.25, 0.3) is 5.82 Å². The Hall–Kier alpha value is -0.790. The third kappa shape index (κ3) is 15.3. The first-order valence-corrected chi connectivity index (χ1v) is 15.8. The average molecular weight is 476 g/mol. The highest BCUT2D eigenvalue weighted by Crippen LogP contribution is 2.27. The normalized spacial score (nSPS) is 13.4. The van der Waals surface area contributed by atoms with Crippen molar-refractivity contribution in [3.8, 4) is 0 Å². The summed E-state index contributed by atoms with van der Waals surface area (Å²) in [6, 6.07) is 0.623. The number of aromatic amines is 1. The van der Waals surface area contributed by atoms with Gasteiger partial charge in [0.2, 0.25) is 0 Å². The maximum atomic E-state index is 3.70. The highest BCUT2D eigenvalue weighted by atomic mass is 15.1. The minimum Gasteiger partial charge on any atom is -0.247 e. The van der Waals surface area contributed by atoms with E-state index in [9.17, 15) is 0 Å². The summed E-state index contributed by atoms with van der Waals surface area (Å²) >= 11 is 0. The van der Waals surface area contributed by atoms with Gasteiger partial charge in [-0.1, -0.05) is 143 Å². The van der Waals surface area contributed by atoms with Crippen LogP contribution in [0.15, 0.2) is 12.4 Å². The number of H-pyrrole nitrogens is 1. The van der Waals surface area contributed by atoms with Crippen LogP contribution in [0, 0.1) is 0 Å². The maximum Gasteiger partial charge on any atom is 0.257 e. The van der Waals surface area contributed by atoms with Crippen molar-refractivity contribution in [3.05, 3.63) is 18.2 Å². The molecule has 1 rings (SSSR count). The summed E-state index contributed by atoms with van der Waals surface area (Å²) in [5.41, 5.74) is 0. The van der Waals surface area contributed by atoms with Crippen molar-refractivity contribution in [3.63, 3.8) is 0 Å². The molecule has 0 bridgehead atoms. The minimum atomic E-state index is 0.623. The number of hydrogen-bond donors (Lipinski definition) is 1. The first-order valence-electron chi connectivity index (χ1n) is 15.8. The molecule has 2 atom stereocenters. The lowest BCUT2D eigenvalue weighted by molar-refractivity contribution is -0.727. The van der Waals surface area contributed by atoms with Crippen molar-refractivity contribution < 1.29 is 4.57 Å². The van der Waals surface area contributed by atoms with Crippen LogP contribution in [0.5, 0.6) is 0 Å². The smallest absolute Gasteiger partial charge is 0.247 e. The molecule has 0 fully saturated rings. The van der Waals surface area contributed by atoms with Crippen LogP contribution >= 0.6 is 0 Å². The summed E-state index contributed by atoms with van der Waals surface area (Å²) in [6.07, 6.45) is 36.8. The Morgan fingerprint density at radius 1 is 0.559 bits per heavy atom. The van der Waals surface area contributed by atoms with Crippen molar-refractivity contribution in [1.29, 1.82) is 0 Å². The molecule has 0 radical (unpaired) electrons. The Morgan fingerprint density at radius 3 is 1.38 bits per heavy atom. The van der Waals surface area contributed by atoms with E-state index in [1.807, 2.05) is 0 Å². The molecule has 0 aliphatic rings. The van der Waals surface area contributed by atoms with Gasteiger partial charge < -0.3 is 0 Å². The van der Waals surface area contributed by atoms with Gasteiger partial charge >= 0.3 is 0 Å². The monoisotopic (exact) mass is 475 g/mol. The molecule has 0 saturated carbocycles. The van der Waals surface area contributed by atoms with Crippen LogP contribution in [0.3, 0.4) is 0 Å². The van der Waals surface area contributed by atoms with Crippen molar-refractivity contribution in [1.82, 2.24) is 4.98 Å². The fraction of sp³-hybridized carbons (Fsp3) is 0.906. The van der Waals surface area contributed by atoms with Crippen molar-refractivity contribution in [2.24, 2.45) is 0 Å². The van der Waals surface area contributed by atoms with Gasteiger partial charge in [-0.3, -0.25) is 0 Å². The van der Waals surface area contributed by atoms with E-state index < -0.39 is 0 Å². The Morgan fingerprint density at radius 2 is 0.941 bits per heavy atom. The lowest BCUT2D eigenvalue weighted by Crippen LogP contribution is -2.41. The van der Waals surface area contributed by atoms with E-state index in [1.165, 1.54) is 154 Å². The molecule has 2 unspecified atom stereocenters. The van der Waals surface area contributed by atoms with E-state index in [2.05, 4.69) is 49.6 Å². The van der Waals surface area contributed by atoms with Crippen molar-refractivity contribution in [2.45, 2.75) is 187 Å². The van der Waals surface area contributed by atoms with E-state index >= 15 is 0 Å². The van der Waals surface area contributed by atoms with Gasteiger partial charge in [-0.15, -0.1) is 0 Å². The molecule has 0 aliphatic heterocycles. The molecule has 2 heteroatoms. The standard InChI is InChI=1S/C32H62N2/c1-5-8-11-14-17-19-22-25-30(4)34-29-28-33-32(34)31(26-23-20-16-13-10-7-3)27-24-21-18-15-12-9-6-2/h28-31H,5-27H2,1-4H3/p+1. The molecule has 1 aromatic rings. The summed E-state index contributed by atoms with van der Waals surface area (Å²) in [4.78, 5) is 3.70. The van der Waals surface area contributed by atoms with Crippen molar-refractivity contribution in [2.75, 3.05) is 0 Å². The summed E-state index contributed by atoms with van der Waals surface area (Å²) in [7, 11) is 0. The summed E-state index contributed by atoms with van der Waals surface area (Å²) < 4.78 is 2.61. The van der Waals surface area contributed by atoms with Gasteiger partial charge in [-0.2, -0.15) is 0 Å². The quantitative estimate of drug-likeness (QED) is 0.107. The van der Waals surface area contributed by atoms with E-state index in [4.69, 9.17) is 0 Å². The molecular weight excluding hydrogens is 412 g/mol. The molecule has 1 aromatic heterocycles. The third-order valence-corrected chi connectivity index (χ3v) is 7.89. The molecular formula is C32H63N2+. The Bertz CT molecular complexity index is 535. The first-order chi connectivity index (χ1) is 16.7. The lowest BCUT2D eigenvalue weighted by Gasteiger charge is -2.17. The van der Waals surface area contributed by atoms with E-state index in [-0.39, 0.29) is 0 Å². The zero-order valence-electron chi connectivity index (χ0n) is 24.0. The predicted octanol–water partition coefficient (Wildman–Crippen LogP) is 11.0. The molecule has 0 spiro atoms. The van der Waals surface area contributed by atoms with Gasteiger partial charge in [0.05, 0.1) is 12.0 Å². The van der Waals surface area contributed by atoms with Gasteiger partial charge in [0, 0.05) is 0 Å². The third-order valence-electron chi connectivity index (χ3n) is 7.89. The Balaban J connectivity index is 2.51. The van der Waals surface area contributed by atoms with E-state index in [0.29, 0.717) is 12.0 Å². The number of imidazole rings is 1. The van der Waals surface area contributed by atoms with Gasteiger partial charge in [0.1, 0.15) is 12.4 Å². The van der Waals surface area contributed by atoms with Crippen LogP contribution in [-0.2, 0) is 0 Å². The van der Waals surface area contributed by atoms with Crippen molar-refractivity contribution >= 4 is 0 Å². The highest BCUT2D eigenvalue weighted by molar-refractivity contribution is 4.90. The number of aromatic nitrogens is 2.